The number of fused-ring (bicyclic) bond motifs is 1. The van der Waals surface area contributed by atoms with Crippen molar-refractivity contribution in [1.29, 1.82) is 0 Å². The first kappa shape index (κ1) is 12.1. The van der Waals surface area contributed by atoms with Gasteiger partial charge in [0.05, 0.1) is 17.2 Å². The Hall–Kier alpha value is -1.37. The molecule has 1 aromatic heterocycles. The first-order valence-electron chi connectivity index (χ1n) is 4.58. The molecule has 2 rings (SSSR count). The molecule has 0 aliphatic carbocycles. The van der Waals surface area contributed by atoms with Crippen LogP contribution in [0.2, 0.25) is 0 Å². The Kier molecular flexibility index (Phi) is 2.94. The summed E-state index contributed by atoms with van der Waals surface area (Å²) in [5.41, 5.74) is -0.328. The largest absolute Gasteiger partial charge is 0.406 e. The molecule has 0 aliphatic rings. The molecule has 17 heavy (non-hydrogen) atoms. The van der Waals surface area contributed by atoms with Gasteiger partial charge in [-0.1, -0.05) is 15.9 Å². The SMILES string of the molecule is O=c1c2cc(Br)ccc2ncn1CC(F)(F)F. The van der Waals surface area contributed by atoms with Gasteiger partial charge < -0.3 is 0 Å². The molecular weight excluding hydrogens is 301 g/mol. The van der Waals surface area contributed by atoms with Crippen LogP contribution >= 0.6 is 15.9 Å². The monoisotopic (exact) mass is 306 g/mol. The van der Waals surface area contributed by atoms with Crippen molar-refractivity contribution in [3.63, 3.8) is 0 Å². The molecular formula is C10H6BrF3N2O. The molecule has 3 nitrogen and oxygen atoms in total. The summed E-state index contributed by atoms with van der Waals surface area (Å²) >= 11 is 3.15. The normalized spacial score (nSPS) is 12.0. The van der Waals surface area contributed by atoms with Gasteiger partial charge in [-0.05, 0) is 18.2 Å². The molecule has 0 aliphatic heterocycles. The van der Waals surface area contributed by atoms with Crippen molar-refractivity contribution in [2.75, 3.05) is 0 Å². The predicted molar refractivity (Wildman–Crippen MR) is 59.8 cm³/mol. The fraction of sp³-hybridized carbons (Fsp3) is 0.200. The Bertz CT molecular complexity index is 621. The lowest BCUT2D eigenvalue weighted by atomic mass is 10.2. The maximum atomic E-state index is 12.2. The summed E-state index contributed by atoms with van der Waals surface area (Å²) in [7, 11) is 0. The second kappa shape index (κ2) is 4.14. The van der Waals surface area contributed by atoms with Crippen LogP contribution in [0, 0.1) is 0 Å². The molecule has 7 heteroatoms. The number of benzene rings is 1. The van der Waals surface area contributed by atoms with Crippen LogP contribution in [0.15, 0.2) is 33.8 Å². The lowest BCUT2D eigenvalue weighted by Crippen LogP contribution is -2.28. The fourth-order valence-corrected chi connectivity index (χ4v) is 1.80. The molecule has 0 spiro atoms. The summed E-state index contributed by atoms with van der Waals surface area (Å²) in [6.07, 6.45) is -3.53. The van der Waals surface area contributed by atoms with Crippen LogP contribution in [-0.4, -0.2) is 15.7 Å². The zero-order valence-electron chi connectivity index (χ0n) is 8.33. The minimum atomic E-state index is -4.44. The average molecular weight is 307 g/mol. The number of rotatable bonds is 1. The summed E-state index contributed by atoms with van der Waals surface area (Å²) in [5, 5.41) is 0.158. The smallest absolute Gasteiger partial charge is 0.290 e. The van der Waals surface area contributed by atoms with Crippen LogP contribution in [0.5, 0.6) is 0 Å². The van der Waals surface area contributed by atoms with Crippen LogP contribution in [0.1, 0.15) is 0 Å². The number of aromatic nitrogens is 2. The van der Waals surface area contributed by atoms with E-state index in [9.17, 15) is 18.0 Å². The van der Waals surface area contributed by atoms with E-state index in [2.05, 4.69) is 20.9 Å². The molecule has 0 bridgehead atoms. The quantitative estimate of drug-likeness (QED) is 0.812. The Morgan fingerprint density at radius 2 is 2.06 bits per heavy atom. The van der Waals surface area contributed by atoms with Gasteiger partial charge in [-0.15, -0.1) is 0 Å². The number of hydrogen-bond donors (Lipinski definition) is 0. The van der Waals surface area contributed by atoms with Gasteiger partial charge in [0.25, 0.3) is 5.56 Å². The summed E-state index contributed by atoms with van der Waals surface area (Å²) < 4.78 is 37.8. The summed E-state index contributed by atoms with van der Waals surface area (Å²) in [5.74, 6) is 0. The lowest BCUT2D eigenvalue weighted by molar-refractivity contribution is -0.141. The molecule has 0 radical (unpaired) electrons. The van der Waals surface area contributed by atoms with Crippen LogP contribution in [0.25, 0.3) is 10.9 Å². The van der Waals surface area contributed by atoms with E-state index >= 15 is 0 Å². The summed E-state index contributed by atoms with van der Waals surface area (Å²) in [6.45, 7) is -1.33. The van der Waals surface area contributed by atoms with Crippen molar-refractivity contribution in [2.45, 2.75) is 12.7 Å². The van der Waals surface area contributed by atoms with E-state index in [4.69, 9.17) is 0 Å². The first-order valence-corrected chi connectivity index (χ1v) is 5.37. The van der Waals surface area contributed by atoms with Crippen molar-refractivity contribution >= 4 is 26.8 Å². The van der Waals surface area contributed by atoms with E-state index < -0.39 is 18.3 Å². The number of halogens is 4. The molecule has 90 valence electrons. The van der Waals surface area contributed by atoms with Gasteiger partial charge in [0.15, 0.2) is 0 Å². The maximum absolute atomic E-state index is 12.2. The molecule has 1 heterocycles. The molecule has 0 fully saturated rings. The van der Waals surface area contributed by atoms with Gasteiger partial charge in [0.2, 0.25) is 0 Å². The zero-order valence-corrected chi connectivity index (χ0v) is 9.92. The van der Waals surface area contributed by atoms with E-state index in [-0.39, 0.29) is 5.39 Å². The maximum Gasteiger partial charge on any atom is 0.406 e. The highest BCUT2D eigenvalue weighted by atomic mass is 79.9. The molecule has 0 saturated heterocycles. The lowest BCUT2D eigenvalue weighted by Gasteiger charge is -2.09. The Morgan fingerprint density at radius 3 is 2.71 bits per heavy atom. The second-order valence-corrected chi connectivity index (χ2v) is 4.37. The minimum Gasteiger partial charge on any atom is -0.290 e. The fourth-order valence-electron chi connectivity index (χ4n) is 1.44. The number of nitrogens with zero attached hydrogens (tertiary/aromatic N) is 2. The van der Waals surface area contributed by atoms with Crippen LogP contribution in [-0.2, 0) is 6.54 Å². The van der Waals surface area contributed by atoms with Gasteiger partial charge in [-0.25, -0.2) is 4.98 Å². The number of alkyl halides is 3. The number of hydrogen-bond acceptors (Lipinski definition) is 2. The van der Waals surface area contributed by atoms with E-state index in [0.29, 0.717) is 14.6 Å². The third-order valence-corrected chi connectivity index (χ3v) is 2.63. The molecule has 0 atom stereocenters. The van der Waals surface area contributed by atoms with Crippen molar-refractivity contribution in [3.8, 4) is 0 Å². The molecule has 0 saturated carbocycles. The van der Waals surface area contributed by atoms with E-state index in [0.717, 1.165) is 6.33 Å². The van der Waals surface area contributed by atoms with Gasteiger partial charge in [-0.2, -0.15) is 13.2 Å². The summed E-state index contributed by atoms with van der Waals surface area (Å²) in [6, 6.07) is 4.69. The third-order valence-electron chi connectivity index (χ3n) is 2.14. The van der Waals surface area contributed by atoms with Gasteiger partial charge >= 0.3 is 6.18 Å². The summed E-state index contributed by atoms with van der Waals surface area (Å²) in [4.78, 5) is 15.6. The molecule has 0 amide bonds. The van der Waals surface area contributed by atoms with E-state index in [1.165, 1.54) is 6.07 Å². The van der Waals surface area contributed by atoms with Crippen molar-refractivity contribution in [1.82, 2.24) is 9.55 Å². The van der Waals surface area contributed by atoms with Crippen LogP contribution < -0.4 is 5.56 Å². The predicted octanol–water partition coefficient (Wildman–Crippen LogP) is 2.72. The standard InChI is InChI=1S/C10H6BrF3N2O/c11-6-1-2-8-7(3-6)9(17)16(5-15-8)4-10(12,13)14/h1-3,5H,4H2. The highest BCUT2D eigenvalue weighted by Crippen LogP contribution is 2.18. The van der Waals surface area contributed by atoms with Gasteiger partial charge in [-0.3, -0.25) is 9.36 Å². The minimum absolute atomic E-state index is 0.158. The average Bonchev–Trinajstić information content (AvgIpc) is 2.21. The topological polar surface area (TPSA) is 34.9 Å². The Labute approximate surface area is 102 Å². The van der Waals surface area contributed by atoms with Crippen LogP contribution in [0.4, 0.5) is 13.2 Å². The molecule has 1 aromatic carbocycles. The van der Waals surface area contributed by atoms with Gasteiger partial charge in [0.1, 0.15) is 6.54 Å². The van der Waals surface area contributed by atoms with Crippen molar-refractivity contribution in [2.24, 2.45) is 0 Å². The van der Waals surface area contributed by atoms with Crippen LogP contribution in [0.3, 0.4) is 0 Å². The zero-order chi connectivity index (χ0) is 12.6. The van der Waals surface area contributed by atoms with E-state index in [1.807, 2.05) is 0 Å². The van der Waals surface area contributed by atoms with Crippen molar-refractivity contribution in [3.05, 3.63) is 39.4 Å². The molecule has 2 aromatic rings. The Morgan fingerprint density at radius 1 is 1.35 bits per heavy atom. The highest BCUT2D eigenvalue weighted by Gasteiger charge is 2.28. The first-order chi connectivity index (χ1) is 7.87. The van der Waals surface area contributed by atoms with Gasteiger partial charge in [0, 0.05) is 4.47 Å². The van der Waals surface area contributed by atoms with Crippen molar-refractivity contribution < 1.29 is 13.2 Å². The Balaban J connectivity index is 2.61. The highest BCUT2D eigenvalue weighted by molar-refractivity contribution is 9.10. The molecule has 0 N–H and O–H groups in total. The van der Waals surface area contributed by atoms with E-state index in [1.54, 1.807) is 12.1 Å². The third kappa shape index (κ3) is 2.66. The second-order valence-electron chi connectivity index (χ2n) is 3.45. The molecule has 0 unspecified atom stereocenters.